The summed E-state index contributed by atoms with van der Waals surface area (Å²) in [4.78, 5) is 14.0. The molecule has 0 unspecified atom stereocenters. The molecule has 0 heterocycles. The maximum atomic E-state index is 12.0. The molecule has 0 saturated heterocycles. The van der Waals surface area contributed by atoms with Gasteiger partial charge in [-0.05, 0) is 19.3 Å². The average molecular weight is 262 g/mol. The highest BCUT2D eigenvalue weighted by molar-refractivity contribution is 9.09. The number of amides is 1. The smallest absolute Gasteiger partial charge is 0.225 e. The molecule has 0 bridgehead atoms. The van der Waals surface area contributed by atoms with Gasteiger partial charge < -0.3 is 4.90 Å². The minimum atomic E-state index is 0.334. The Morgan fingerprint density at radius 2 is 2.00 bits per heavy atom. The molecule has 0 aromatic rings. The lowest BCUT2D eigenvalue weighted by Crippen LogP contribution is -2.37. The molecule has 14 heavy (non-hydrogen) atoms. The van der Waals surface area contributed by atoms with E-state index in [0.717, 1.165) is 37.7 Å². The number of hydrogen-bond donors (Lipinski definition) is 0. The molecule has 0 radical (unpaired) electrons. The number of hydrogen-bond acceptors (Lipinski definition) is 1. The highest BCUT2D eigenvalue weighted by atomic mass is 79.9. The van der Waals surface area contributed by atoms with Crippen molar-refractivity contribution in [2.75, 3.05) is 18.4 Å². The molecule has 1 aliphatic rings. The fraction of sp³-hybridized carbons (Fsp3) is 0.909. The molecule has 0 aromatic carbocycles. The highest BCUT2D eigenvalue weighted by Gasteiger charge is 2.26. The molecule has 0 atom stereocenters. The van der Waals surface area contributed by atoms with Crippen LogP contribution in [-0.4, -0.2) is 29.2 Å². The predicted molar refractivity (Wildman–Crippen MR) is 62.6 cm³/mol. The summed E-state index contributed by atoms with van der Waals surface area (Å²) in [6.45, 7) is 3.91. The molecule has 0 N–H and O–H groups in total. The molecule has 1 saturated carbocycles. The summed E-state index contributed by atoms with van der Waals surface area (Å²) in [5, 5.41) is 0.894. The van der Waals surface area contributed by atoms with Crippen molar-refractivity contribution in [2.24, 2.45) is 5.92 Å². The van der Waals surface area contributed by atoms with E-state index in [4.69, 9.17) is 0 Å². The second kappa shape index (κ2) is 6.44. The van der Waals surface area contributed by atoms with Gasteiger partial charge in [0.2, 0.25) is 5.91 Å². The quantitative estimate of drug-likeness (QED) is 0.698. The van der Waals surface area contributed by atoms with Crippen LogP contribution >= 0.6 is 15.9 Å². The lowest BCUT2D eigenvalue weighted by molar-refractivity contribution is -0.135. The van der Waals surface area contributed by atoms with E-state index >= 15 is 0 Å². The van der Waals surface area contributed by atoms with Crippen molar-refractivity contribution >= 4 is 21.8 Å². The molecule has 0 aromatic heterocycles. The van der Waals surface area contributed by atoms with Gasteiger partial charge in [-0.15, -0.1) is 0 Å². The molecular formula is C11H20BrNO. The summed E-state index contributed by atoms with van der Waals surface area (Å²) in [6, 6.07) is 0. The Morgan fingerprint density at radius 1 is 1.36 bits per heavy atom. The first-order valence-corrected chi connectivity index (χ1v) is 6.76. The standard InChI is InChI=1S/C11H20BrNO/c1-2-8-13(9-7-12)11(14)10-5-3-4-6-10/h10H,2-9H2,1H3. The van der Waals surface area contributed by atoms with Crippen LogP contribution in [0.25, 0.3) is 0 Å². The van der Waals surface area contributed by atoms with E-state index in [-0.39, 0.29) is 0 Å². The topological polar surface area (TPSA) is 20.3 Å². The molecule has 1 fully saturated rings. The first-order valence-electron chi connectivity index (χ1n) is 5.64. The minimum absolute atomic E-state index is 0.334. The van der Waals surface area contributed by atoms with E-state index in [1.165, 1.54) is 12.8 Å². The van der Waals surface area contributed by atoms with Crippen LogP contribution in [0, 0.1) is 5.92 Å². The number of carbonyl (C=O) groups is 1. The summed E-state index contributed by atoms with van der Waals surface area (Å²) in [7, 11) is 0. The highest BCUT2D eigenvalue weighted by Crippen LogP contribution is 2.26. The normalized spacial score (nSPS) is 17.3. The molecule has 1 aliphatic carbocycles. The molecule has 82 valence electrons. The third kappa shape index (κ3) is 3.26. The van der Waals surface area contributed by atoms with Crippen molar-refractivity contribution in [2.45, 2.75) is 39.0 Å². The van der Waals surface area contributed by atoms with Gasteiger partial charge in [-0.3, -0.25) is 4.79 Å². The third-order valence-electron chi connectivity index (χ3n) is 2.86. The van der Waals surface area contributed by atoms with Crippen LogP contribution in [0.2, 0.25) is 0 Å². The molecule has 0 spiro atoms. The van der Waals surface area contributed by atoms with Gasteiger partial charge in [0.05, 0.1) is 0 Å². The Bertz CT molecular complexity index is 172. The summed E-state index contributed by atoms with van der Waals surface area (Å²) >= 11 is 3.40. The molecule has 2 nitrogen and oxygen atoms in total. The van der Waals surface area contributed by atoms with Crippen LogP contribution < -0.4 is 0 Å². The summed E-state index contributed by atoms with van der Waals surface area (Å²) in [6.07, 6.45) is 5.77. The van der Waals surface area contributed by atoms with E-state index in [0.29, 0.717) is 11.8 Å². The Hall–Kier alpha value is -0.0500. The maximum absolute atomic E-state index is 12.0. The zero-order valence-corrected chi connectivity index (χ0v) is 10.6. The van der Waals surface area contributed by atoms with Gasteiger partial charge in [-0.2, -0.15) is 0 Å². The Labute approximate surface area is 95.2 Å². The molecule has 3 heteroatoms. The van der Waals surface area contributed by atoms with Crippen LogP contribution in [-0.2, 0) is 4.79 Å². The monoisotopic (exact) mass is 261 g/mol. The zero-order chi connectivity index (χ0) is 10.4. The summed E-state index contributed by atoms with van der Waals surface area (Å²) in [5.74, 6) is 0.726. The number of carbonyl (C=O) groups excluding carboxylic acids is 1. The van der Waals surface area contributed by atoms with E-state index in [2.05, 4.69) is 22.9 Å². The van der Waals surface area contributed by atoms with E-state index in [9.17, 15) is 4.79 Å². The van der Waals surface area contributed by atoms with Gasteiger partial charge in [0.15, 0.2) is 0 Å². The van der Waals surface area contributed by atoms with Gasteiger partial charge in [0.25, 0.3) is 0 Å². The fourth-order valence-corrected chi connectivity index (χ4v) is 2.56. The Kier molecular flexibility index (Phi) is 5.53. The van der Waals surface area contributed by atoms with E-state index in [1.54, 1.807) is 0 Å². The van der Waals surface area contributed by atoms with Crippen molar-refractivity contribution in [1.29, 1.82) is 0 Å². The third-order valence-corrected chi connectivity index (χ3v) is 3.22. The first kappa shape index (κ1) is 12.0. The van der Waals surface area contributed by atoms with Crippen molar-refractivity contribution in [3.8, 4) is 0 Å². The van der Waals surface area contributed by atoms with Crippen LogP contribution in [0.5, 0.6) is 0 Å². The van der Waals surface area contributed by atoms with Gasteiger partial charge in [0, 0.05) is 24.3 Å². The molecule has 0 aliphatic heterocycles. The Balaban J connectivity index is 2.43. The molecule has 1 amide bonds. The number of rotatable bonds is 5. The number of halogens is 1. The lowest BCUT2D eigenvalue weighted by atomic mass is 10.1. The van der Waals surface area contributed by atoms with E-state index in [1.807, 2.05) is 4.90 Å². The Morgan fingerprint density at radius 3 is 2.50 bits per heavy atom. The van der Waals surface area contributed by atoms with Crippen molar-refractivity contribution in [3.05, 3.63) is 0 Å². The van der Waals surface area contributed by atoms with Gasteiger partial charge >= 0.3 is 0 Å². The SMILES string of the molecule is CCCN(CCBr)C(=O)C1CCCC1. The second-order valence-electron chi connectivity index (χ2n) is 4.00. The molecule has 1 rings (SSSR count). The van der Waals surface area contributed by atoms with Gasteiger partial charge in [0.1, 0.15) is 0 Å². The zero-order valence-electron chi connectivity index (χ0n) is 8.97. The second-order valence-corrected chi connectivity index (χ2v) is 4.79. The van der Waals surface area contributed by atoms with Gasteiger partial charge in [-0.1, -0.05) is 35.7 Å². The van der Waals surface area contributed by atoms with Crippen LogP contribution in [0.1, 0.15) is 39.0 Å². The summed E-state index contributed by atoms with van der Waals surface area (Å²) in [5.41, 5.74) is 0. The summed E-state index contributed by atoms with van der Waals surface area (Å²) < 4.78 is 0. The lowest BCUT2D eigenvalue weighted by Gasteiger charge is -2.24. The van der Waals surface area contributed by atoms with Crippen LogP contribution in [0.3, 0.4) is 0 Å². The van der Waals surface area contributed by atoms with Gasteiger partial charge in [-0.25, -0.2) is 0 Å². The van der Waals surface area contributed by atoms with Crippen LogP contribution in [0.4, 0.5) is 0 Å². The van der Waals surface area contributed by atoms with Crippen molar-refractivity contribution < 1.29 is 4.79 Å². The number of nitrogens with zero attached hydrogens (tertiary/aromatic N) is 1. The maximum Gasteiger partial charge on any atom is 0.225 e. The minimum Gasteiger partial charge on any atom is -0.342 e. The largest absolute Gasteiger partial charge is 0.342 e. The van der Waals surface area contributed by atoms with E-state index < -0.39 is 0 Å². The average Bonchev–Trinajstić information content (AvgIpc) is 2.69. The fourth-order valence-electron chi connectivity index (χ4n) is 2.14. The molecular weight excluding hydrogens is 242 g/mol. The predicted octanol–water partition coefficient (Wildman–Crippen LogP) is 2.81. The van der Waals surface area contributed by atoms with Crippen LogP contribution in [0.15, 0.2) is 0 Å². The van der Waals surface area contributed by atoms with Crippen molar-refractivity contribution in [3.63, 3.8) is 0 Å². The first-order chi connectivity index (χ1) is 6.79. The van der Waals surface area contributed by atoms with Crippen molar-refractivity contribution in [1.82, 2.24) is 4.90 Å². The number of alkyl halides is 1.